The van der Waals surface area contributed by atoms with Crippen molar-refractivity contribution in [3.63, 3.8) is 0 Å². The lowest BCUT2D eigenvalue weighted by Crippen LogP contribution is -2.26. The minimum atomic E-state index is -0.158. The van der Waals surface area contributed by atoms with Crippen molar-refractivity contribution in [3.05, 3.63) is 64.9 Å². The summed E-state index contributed by atoms with van der Waals surface area (Å²) >= 11 is 6.04. The van der Waals surface area contributed by atoms with E-state index in [9.17, 15) is 4.79 Å². The van der Waals surface area contributed by atoms with Crippen molar-refractivity contribution in [1.29, 1.82) is 0 Å². The summed E-state index contributed by atoms with van der Waals surface area (Å²) < 4.78 is 2.18. The summed E-state index contributed by atoms with van der Waals surface area (Å²) in [5.41, 5.74) is 2.61. The molecule has 3 aromatic rings. The van der Waals surface area contributed by atoms with E-state index < -0.39 is 0 Å². The molecule has 118 valence electrons. The number of hydrogen-bond donors (Lipinski definition) is 1. The number of carbonyl (C=O) groups excluding carboxylic acids is 1. The van der Waals surface area contributed by atoms with Gasteiger partial charge in [0.25, 0.3) is 5.91 Å². The molecule has 0 radical (unpaired) electrons. The molecule has 5 heteroatoms. The molecule has 1 aromatic heterocycles. The fourth-order valence-corrected chi connectivity index (χ4v) is 2.92. The molecule has 0 atom stereocenters. The van der Waals surface area contributed by atoms with Gasteiger partial charge in [-0.05, 0) is 31.2 Å². The molecule has 0 aliphatic carbocycles. The zero-order valence-electron chi connectivity index (χ0n) is 12.9. The Labute approximate surface area is 140 Å². The van der Waals surface area contributed by atoms with Gasteiger partial charge >= 0.3 is 0 Å². The lowest BCUT2D eigenvalue weighted by atomic mass is 10.2. The molecule has 0 saturated carbocycles. The van der Waals surface area contributed by atoms with Gasteiger partial charge < -0.3 is 9.88 Å². The molecule has 4 nitrogen and oxygen atoms in total. The van der Waals surface area contributed by atoms with Gasteiger partial charge in [-0.3, -0.25) is 4.79 Å². The van der Waals surface area contributed by atoms with Crippen molar-refractivity contribution in [1.82, 2.24) is 14.9 Å². The molecule has 1 heterocycles. The first-order chi connectivity index (χ1) is 11.2. The van der Waals surface area contributed by atoms with E-state index in [1.807, 2.05) is 24.3 Å². The van der Waals surface area contributed by atoms with Crippen molar-refractivity contribution in [2.45, 2.75) is 19.9 Å². The molecule has 0 bridgehead atoms. The molecular weight excluding hydrogens is 310 g/mol. The smallest absolute Gasteiger partial charge is 0.252 e. The standard InChI is InChI=1S/C18H18ClN3O/c1-2-22-16-10-6-5-9-15(16)21-17(22)11-12-20-18(23)13-7-3-4-8-14(13)19/h3-10H,2,11-12H2,1H3,(H,20,23). The number of fused-ring (bicyclic) bond motifs is 1. The third-order valence-electron chi connectivity index (χ3n) is 3.80. The van der Waals surface area contributed by atoms with Crippen molar-refractivity contribution < 1.29 is 4.79 Å². The first kappa shape index (κ1) is 15.6. The summed E-state index contributed by atoms with van der Waals surface area (Å²) in [6.45, 7) is 3.47. The summed E-state index contributed by atoms with van der Waals surface area (Å²) in [6, 6.07) is 15.1. The highest BCUT2D eigenvalue weighted by molar-refractivity contribution is 6.33. The number of amides is 1. The van der Waals surface area contributed by atoms with Crippen molar-refractivity contribution >= 4 is 28.5 Å². The molecule has 0 aliphatic rings. The number of aryl methyl sites for hydroxylation is 1. The second-order valence-corrected chi connectivity index (χ2v) is 5.65. The number of para-hydroxylation sites is 2. The van der Waals surface area contributed by atoms with E-state index in [4.69, 9.17) is 11.6 Å². The van der Waals surface area contributed by atoms with E-state index in [1.165, 1.54) is 0 Å². The molecule has 1 N–H and O–H groups in total. The van der Waals surface area contributed by atoms with E-state index in [2.05, 4.69) is 27.9 Å². The van der Waals surface area contributed by atoms with Gasteiger partial charge in [-0.2, -0.15) is 0 Å². The maximum atomic E-state index is 12.2. The maximum absolute atomic E-state index is 12.2. The second kappa shape index (κ2) is 6.84. The van der Waals surface area contributed by atoms with Crippen LogP contribution in [0.5, 0.6) is 0 Å². The monoisotopic (exact) mass is 327 g/mol. The molecule has 0 fully saturated rings. The summed E-state index contributed by atoms with van der Waals surface area (Å²) in [5.74, 6) is 0.822. The minimum absolute atomic E-state index is 0.158. The first-order valence-corrected chi connectivity index (χ1v) is 8.05. The molecule has 23 heavy (non-hydrogen) atoms. The van der Waals surface area contributed by atoms with E-state index in [0.29, 0.717) is 23.6 Å². The van der Waals surface area contributed by atoms with Crippen LogP contribution < -0.4 is 5.32 Å². The molecule has 0 spiro atoms. The average molecular weight is 328 g/mol. The highest BCUT2D eigenvalue weighted by Gasteiger charge is 2.11. The van der Waals surface area contributed by atoms with Crippen LogP contribution in [0.3, 0.4) is 0 Å². The summed E-state index contributed by atoms with van der Waals surface area (Å²) in [4.78, 5) is 16.8. The molecule has 0 saturated heterocycles. The van der Waals surface area contributed by atoms with Gasteiger partial charge in [-0.15, -0.1) is 0 Å². The van der Waals surface area contributed by atoms with E-state index in [-0.39, 0.29) is 5.91 Å². The van der Waals surface area contributed by atoms with E-state index in [1.54, 1.807) is 18.2 Å². The lowest BCUT2D eigenvalue weighted by Gasteiger charge is -2.08. The van der Waals surface area contributed by atoms with Gasteiger partial charge in [0.15, 0.2) is 0 Å². The van der Waals surface area contributed by atoms with Crippen molar-refractivity contribution in [2.24, 2.45) is 0 Å². The Bertz CT molecular complexity index is 841. The second-order valence-electron chi connectivity index (χ2n) is 5.25. The van der Waals surface area contributed by atoms with E-state index in [0.717, 1.165) is 23.4 Å². The maximum Gasteiger partial charge on any atom is 0.252 e. The lowest BCUT2D eigenvalue weighted by molar-refractivity contribution is 0.0954. The molecule has 0 unspecified atom stereocenters. The Morgan fingerprint density at radius 3 is 2.70 bits per heavy atom. The number of carbonyl (C=O) groups is 1. The van der Waals surface area contributed by atoms with Crippen LogP contribution in [0.4, 0.5) is 0 Å². The van der Waals surface area contributed by atoms with Gasteiger partial charge in [-0.1, -0.05) is 35.9 Å². The van der Waals surface area contributed by atoms with Crippen LogP contribution in [0.2, 0.25) is 5.02 Å². The molecule has 2 aromatic carbocycles. The fraction of sp³-hybridized carbons (Fsp3) is 0.222. The predicted molar refractivity (Wildman–Crippen MR) is 92.9 cm³/mol. The van der Waals surface area contributed by atoms with Crippen LogP contribution in [0.15, 0.2) is 48.5 Å². The van der Waals surface area contributed by atoms with Gasteiger partial charge in [-0.25, -0.2) is 4.98 Å². The topological polar surface area (TPSA) is 46.9 Å². The van der Waals surface area contributed by atoms with Crippen LogP contribution in [-0.4, -0.2) is 22.0 Å². The highest BCUT2D eigenvalue weighted by Crippen LogP contribution is 2.17. The predicted octanol–water partition coefficient (Wildman–Crippen LogP) is 3.68. The SMILES string of the molecule is CCn1c(CCNC(=O)c2ccccc2Cl)nc2ccccc21. The van der Waals surface area contributed by atoms with Crippen molar-refractivity contribution in [2.75, 3.05) is 6.54 Å². The molecule has 1 amide bonds. The van der Waals surface area contributed by atoms with Gasteiger partial charge in [0.1, 0.15) is 5.82 Å². The number of hydrogen-bond acceptors (Lipinski definition) is 2. The number of aromatic nitrogens is 2. The normalized spacial score (nSPS) is 10.9. The van der Waals surface area contributed by atoms with Crippen LogP contribution in [-0.2, 0) is 13.0 Å². The van der Waals surface area contributed by atoms with Crippen LogP contribution in [0, 0.1) is 0 Å². The summed E-state index contributed by atoms with van der Waals surface area (Å²) in [5, 5.41) is 3.37. The molecule has 0 aliphatic heterocycles. The Hall–Kier alpha value is -2.33. The van der Waals surface area contributed by atoms with Crippen LogP contribution in [0.25, 0.3) is 11.0 Å². The number of rotatable bonds is 5. The van der Waals surface area contributed by atoms with Crippen LogP contribution in [0.1, 0.15) is 23.1 Å². The zero-order valence-corrected chi connectivity index (χ0v) is 13.7. The summed E-state index contributed by atoms with van der Waals surface area (Å²) in [6.07, 6.45) is 0.679. The first-order valence-electron chi connectivity index (χ1n) is 7.67. The minimum Gasteiger partial charge on any atom is -0.352 e. The number of imidazole rings is 1. The number of halogens is 1. The zero-order chi connectivity index (χ0) is 16.2. The summed E-state index contributed by atoms with van der Waals surface area (Å²) in [7, 11) is 0. The van der Waals surface area contributed by atoms with Gasteiger partial charge in [0.05, 0.1) is 21.6 Å². The fourth-order valence-electron chi connectivity index (χ4n) is 2.70. The quantitative estimate of drug-likeness (QED) is 0.777. The van der Waals surface area contributed by atoms with Gasteiger partial charge in [0.2, 0.25) is 0 Å². The average Bonchev–Trinajstić information content (AvgIpc) is 2.92. The Morgan fingerprint density at radius 2 is 1.91 bits per heavy atom. The third-order valence-corrected chi connectivity index (χ3v) is 4.13. The van der Waals surface area contributed by atoms with Gasteiger partial charge in [0, 0.05) is 19.5 Å². The number of nitrogens with one attached hydrogen (secondary N) is 1. The number of benzene rings is 2. The van der Waals surface area contributed by atoms with E-state index >= 15 is 0 Å². The highest BCUT2D eigenvalue weighted by atomic mass is 35.5. The molecule has 3 rings (SSSR count). The largest absolute Gasteiger partial charge is 0.352 e. The van der Waals surface area contributed by atoms with Crippen molar-refractivity contribution in [3.8, 4) is 0 Å². The molecular formula is C18H18ClN3O. The Kier molecular flexibility index (Phi) is 4.63. The van der Waals surface area contributed by atoms with Crippen LogP contribution >= 0.6 is 11.6 Å². The number of nitrogens with zero attached hydrogens (tertiary/aromatic N) is 2. The Morgan fingerprint density at radius 1 is 1.17 bits per heavy atom. The Balaban J connectivity index is 1.69. The third kappa shape index (κ3) is 3.22.